The molecule has 2 fully saturated rings. The Labute approximate surface area is 146 Å². The van der Waals surface area contributed by atoms with Crippen LogP contribution in [0.1, 0.15) is 57.8 Å². The van der Waals surface area contributed by atoms with E-state index in [2.05, 4.69) is 36.9 Å². The van der Waals surface area contributed by atoms with Crippen LogP contribution < -0.4 is 4.74 Å². The zero-order valence-electron chi connectivity index (χ0n) is 15.8. The summed E-state index contributed by atoms with van der Waals surface area (Å²) in [5, 5.41) is 2.14. The fourth-order valence-corrected chi connectivity index (χ4v) is 3.78. The number of rotatable bonds is 5. The van der Waals surface area contributed by atoms with Gasteiger partial charge in [-0.3, -0.25) is 9.82 Å². The molecule has 4 nitrogen and oxygen atoms in total. The first kappa shape index (κ1) is 17.7. The van der Waals surface area contributed by atoms with Crippen molar-refractivity contribution in [3.05, 3.63) is 23.5 Å². The highest BCUT2D eigenvalue weighted by atomic mass is 16.7. The summed E-state index contributed by atoms with van der Waals surface area (Å²) in [5.41, 5.74) is 1.92. The number of hydrogen-bond donors (Lipinski definition) is 0. The van der Waals surface area contributed by atoms with Crippen molar-refractivity contribution in [1.82, 2.24) is 10.0 Å². The summed E-state index contributed by atoms with van der Waals surface area (Å²) in [5.74, 6) is 2.18. The molecular formula is C20H32N2O2. The minimum absolute atomic E-state index is 0.126. The second-order valence-corrected chi connectivity index (χ2v) is 8.45. The van der Waals surface area contributed by atoms with Crippen LogP contribution in [0.15, 0.2) is 12.1 Å². The third-order valence-corrected chi connectivity index (χ3v) is 5.11. The van der Waals surface area contributed by atoms with E-state index < -0.39 is 0 Å². The fraction of sp³-hybridized carbons (Fsp3) is 0.750. The maximum atomic E-state index is 6.52. The monoisotopic (exact) mass is 332 g/mol. The van der Waals surface area contributed by atoms with Gasteiger partial charge in [-0.25, -0.2) is 0 Å². The minimum atomic E-state index is -0.126. The molecule has 1 aromatic rings. The highest BCUT2D eigenvalue weighted by Crippen LogP contribution is 2.39. The van der Waals surface area contributed by atoms with E-state index in [1.54, 1.807) is 0 Å². The van der Waals surface area contributed by atoms with Crippen LogP contribution in [0.5, 0.6) is 5.75 Å². The van der Waals surface area contributed by atoms with Gasteiger partial charge in [0, 0.05) is 24.7 Å². The number of nitrogens with zero attached hydrogens (tertiary/aromatic N) is 2. The predicted molar refractivity (Wildman–Crippen MR) is 96.0 cm³/mol. The summed E-state index contributed by atoms with van der Waals surface area (Å²) in [6.07, 6.45) is 5.36. The van der Waals surface area contributed by atoms with E-state index in [9.17, 15) is 0 Å². The molecule has 0 N–H and O–H groups in total. The Kier molecular flexibility index (Phi) is 5.16. The smallest absolute Gasteiger partial charge is 0.140 e. The summed E-state index contributed by atoms with van der Waals surface area (Å²) in [6.45, 7) is 12.4. The summed E-state index contributed by atoms with van der Waals surface area (Å²) < 4.78 is 6.52. The van der Waals surface area contributed by atoms with Crippen molar-refractivity contribution in [2.24, 2.45) is 11.8 Å². The van der Waals surface area contributed by atoms with E-state index in [4.69, 9.17) is 9.57 Å². The molecule has 1 aromatic heterocycles. The maximum absolute atomic E-state index is 6.52. The molecule has 1 unspecified atom stereocenters. The van der Waals surface area contributed by atoms with Gasteiger partial charge in [0.2, 0.25) is 0 Å². The van der Waals surface area contributed by atoms with Crippen molar-refractivity contribution < 1.29 is 9.57 Å². The maximum Gasteiger partial charge on any atom is 0.140 e. The molecule has 1 aliphatic carbocycles. The Morgan fingerprint density at radius 1 is 1.12 bits per heavy atom. The number of aryl methyl sites for hydroxylation is 2. The van der Waals surface area contributed by atoms with Crippen molar-refractivity contribution in [2.45, 2.75) is 72.0 Å². The van der Waals surface area contributed by atoms with Crippen molar-refractivity contribution in [2.75, 3.05) is 13.1 Å². The lowest BCUT2D eigenvalue weighted by Crippen LogP contribution is -2.40. The summed E-state index contributed by atoms with van der Waals surface area (Å²) in [6, 6.07) is 4.13. The lowest BCUT2D eigenvalue weighted by molar-refractivity contribution is -0.219. The van der Waals surface area contributed by atoms with Crippen molar-refractivity contribution in [3.63, 3.8) is 0 Å². The molecule has 0 amide bonds. The molecule has 1 saturated carbocycles. The van der Waals surface area contributed by atoms with E-state index in [0.717, 1.165) is 36.6 Å². The van der Waals surface area contributed by atoms with Gasteiger partial charge in [-0.1, -0.05) is 6.42 Å². The average molecular weight is 332 g/mol. The highest BCUT2D eigenvalue weighted by Gasteiger charge is 2.39. The summed E-state index contributed by atoms with van der Waals surface area (Å²) in [7, 11) is 0. The molecule has 4 heteroatoms. The Morgan fingerprint density at radius 3 is 2.46 bits per heavy atom. The van der Waals surface area contributed by atoms with Crippen LogP contribution in [0, 0.1) is 25.7 Å². The van der Waals surface area contributed by atoms with Crippen LogP contribution in [0.3, 0.4) is 0 Å². The highest BCUT2D eigenvalue weighted by molar-refractivity contribution is 5.28. The number of pyridine rings is 1. The van der Waals surface area contributed by atoms with E-state index in [-0.39, 0.29) is 11.7 Å². The molecule has 2 atom stereocenters. The van der Waals surface area contributed by atoms with Crippen molar-refractivity contribution in [1.29, 1.82) is 0 Å². The van der Waals surface area contributed by atoms with Gasteiger partial charge in [0.05, 0.1) is 11.3 Å². The second-order valence-electron chi connectivity index (χ2n) is 8.45. The molecule has 0 aromatic carbocycles. The van der Waals surface area contributed by atoms with Crippen LogP contribution in [0.2, 0.25) is 0 Å². The van der Waals surface area contributed by atoms with E-state index in [1.165, 1.54) is 19.3 Å². The standard InChI is InChI=1S/C20H32N2O2/c1-14-9-10-18(15(2)21-14)23-19(16-7-6-8-16)17-11-12-22(13-17)24-20(3,4)5/h9-10,16-17,19H,6-8,11-13H2,1-5H3/t17-,19?/m0/s1. The van der Waals surface area contributed by atoms with Crippen molar-refractivity contribution in [3.8, 4) is 5.75 Å². The first-order valence-electron chi connectivity index (χ1n) is 9.37. The van der Waals surface area contributed by atoms with Crippen LogP contribution in [-0.2, 0) is 4.84 Å². The average Bonchev–Trinajstić information content (AvgIpc) is 2.84. The number of hydroxylamine groups is 2. The number of aromatic nitrogens is 1. The fourth-order valence-electron chi connectivity index (χ4n) is 3.78. The molecule has 24 heavy (non-hydrogen) atoms. The van der Waals surface area contributed by atoms with Crippen LogP contribution in [0.4, 0.5) is 0 Å². The Morgan fingerprint density at radius 2 is 1.88 bits per heavy atom. The van der Waals surface area contributed by atoms with Gasteiger partial charge >= 0.3 is 0 Å². The number of ether oxygens (including phenoxy) is 1. The van der Waals surface area contributed by atoms with E-state index in [0.29, 0.717) is 11.8 Å². The predicted octanol–water partition coefficient (Wildman–Crippen LogP) is 4.30. The van der Waals surface area contributed by atoms with Gasteiger partial charge in [-0.2, -0.15) is 5.06 Å². The van der Waals surface area contributed by atoms with Crippen molar-refractivity contribution >= 4 is 0 Å². The molecule has 3 rings (SSSR count). The van der Waals surface area contributed by atoms with E-state index in [1.807, 2.05) is 19.9 Å². The third kappa shape index (κ3) is 4.28. The summed E-state index contributed by atoms with van der Waals surface area (Å²) >= 11 is 0. The quantitative estimate of drug-likeness (QED) is 0.805. The Hall–Kier alpha value is -1.13. The van der Waals surface area contributed by atoms with E-state index >= 15 is 0 Å². The van der Waals surface area contributed by atoms with Crippen LogP contribution >= 0.6 is 0 Å². The molecule has 1 aliphatic heterocycles. The van der Waals surface area contributed by atoms with Gasteiger partial charge in [0.15, 0.2) is 0 Å². The molecule has 0 spiro atoms. The third-order valence-electron chi connectivity index (χ3n) is 5.11. The normalized spacial score (nSPS) is 24.0. The minimum Gasteiger partial charge on any atom is -0.488 e. The molecule has 1 saturated heterocycles. The molecule has 0 bridgehead atoms. The molecule has 134 valence electrons. The molecular weight excluding hydrogens is 300 g/mol. The lowest BCUT2D eigenvalue weighted by Gasteiger charge is -2.37. The van der Waals surface area contributed by atoms with Crippen LogP contribution in [0.25, 0.3) is 0 Å². The van der Waals surface area contributed by atoms with Gasteiger partial charge < -0.3 is 4.74 Å². The Balaban J connectivity index is 1.68. The largest absolute Gasteiger partial charge is 0.488 e. The molecule has 2 aliphatic rings. The summed E-state index contributed by atoms with van der Waals surface area (Å²) in [4.78, 5) is 10.6. The second kappa shape index (κ2) is 7.01. The van der Waals surface area contributed by atoms with Gasteiger partial charge in [-0.05, 0) is 71.9 Å². The number of hydrogen-bond acceptors (Lipinski definition) is 4. The first-order valence-corrected chi connectivity index (χ1v) is 9.37. The zero-order valence-corrected chi connectivity index (χ0v) is 15.8. The molecule has 0 radical (unpaired) electrons. The molecule has 2 heterocycles. The van der Waals surface area contributed by atoms with Gasteiger partial charge in [0.25, 0.3) is 0 Å². The SMILES string of the molecule is Cc1ccc(OC(C2CCC2)[C@H]2CCN(OC(C)(C)C)C2)c(C)n1. The van der Waals surface area contributed by atoms with Crippen LogP contribution in [-0.4, -0.2) is 34.8 Å². The lowest BCUT2D eigenvalue weighted by atomic mass is 9.76. The Bertz CT molecular complexity index is 563. The zero-order chi connectivity index (χ0) is 17.3. The topological polar surface area (TPSA) is 34.6 Å². The first-order chi connectivity index (χ1) is 11.3. The van der Waals surface area contributed by atoms with Gasteiger partial charge in [0.1, 0.15) is 11.9 Å². The van der Waals surface area contributed by atoms with Gasteiger partial charge in [-0.15, -0.1) is 0 Å².